The number of hydrogen-bond acceptors (Lipinski definition) is 2. The van der Waals surface area contributed by atoms with E-state index in [1.54, 1.807) is 7.11 Å². The van der Waals surface area contributed by atoms with Gasteiger partial charge in [0.05, 0.1) is 6.10 Å². The first-order valence-corrected chi connectivity index (χ1v) is 6.06. The standard InChI is InChI=1S/C14H21NO/c1-11(16-2)12-6-3-4-7-13(12)14(10-15)8-5-9-14/h3-4,6-7,11H,5,8-10,15H2,1-2H3. The third-order valence-corrected chi connectivity index (χ3v) is 4.03. The van der Waals surface area contributed by atoms with Gasteiger partial charge in [0.1, 0.15) is 0 Å². The van der Waals surface area contributed by atoms with E-state index in [2.05, 4.69) is 31.2 Å². The van der Waals surface area contributed by atoms with E-state index in [0.717, 1.165) is 6.54 Å². The second-order valence-corrected chi connectivity index (χ2v) is 4.80. The van der Waals surface area contributed by atoms with Gasteiger partial charge < -0.3 is 10.5 Å². The summed E-state index contributed by atoms with van der Waals surface area (Å²) in [4.78, 5) is 0. The first-order chi connectivity index (χ1) is 7.73. The van der Waals surface area contributed by atoms with Crippen molar-refractivity contribution >= 4 is 0 Å². The summed E-state index contributed by atoms with van der Waals surface area (Å²) in [6.45, 7) is 2.85. The Morgan fingerprint density at radius 3 is 2.56 bits per heavy atom. The smallest absolute Gasteiger partial charge is 0.0795 e. The van der Waals surface area contributed by atoms with Crippen molar-refractivity contribution in [3.63, 3.8) is 0 Å². The SMILES string of the molecule is COC(C)c1ccccc1C1(CN)CCC1. The maximum atomic E-state index is 5.97. The third-order valence-electron chi connectivity index (χ3n) is 4.03. The van der Waals surface area contributed by atoms with Crippen LogP contribution in [-0.4, -0.2) is 13.7 Å². The molecule has 1 aromatic rings. The van der Waals surface area contributed by atoms with Crippen LogP contribution in [0.5, 0.6) is 0 Å². The molecule has 1 saturated carbocycles. The molecule has 0 bridgehead atoms. The normalized spacial score (nSPS) is 20.2. The molecule has 0 aliphatic heterocycles. The molecule has 1 aliphatic carbocycles. The van der Waals surface area contributed by atoms with Crippen LogP contribution in [0.25, 0.3) is 0 Å². The second-order valence-electron chi connectivity index (χ2n) is 4.80. The van der Waals surface area contributed by atoms with E-state index in [1.165, 1.54) is 30.4 Å². The van der Waals surface area contributed by atoms with E-state index in [4.69, 9.17) is 10.5 Å². The van der Waals surface area contributed by atoms with E-state index in [-0.39, 0.29) is 11.5 Å². The third kappa shape index (κ3) is 1.76. The summed E-state index contributed by atoms with van der Waals surface area (Å²) in [6.07, 6.45) is 3.89. The van der Waals surface area contributed by atoms with Crippen LogP contribution in [-0.2, 0) is 10.2 Å². The van der Waals surface area contributed by atoms with Crippen molar-refractivity contribution in [2.75, 3.05) is 13.7 Å². The first-order valence-electron chi connectivity index (χ1n) is 6.06. The predicted molar refractivity (Wildman–Crippen MR) is 66.4 cm³/mol. The molecule has 0 saturated heterocycles. The summed E-state index contributed by atoms with van der Waals surface area (Å²) in [5.41, 5.74) is 8.90. The molecule has 16 heavy (non-hydrogen) atoms. The highest BCUT2D eigenvalue weighted by atomic mass is 16.5. The zero-order chi connectivity index (χ0) is 11.6. The van der Waals surface area contributed by atoms with Crippen molar-refractivity contribution in [2.45, 2.75) is 37.7 Å². The molecule has 0 radical (unpaired) electrons. The minimum atomic E-state index is 0.153. The van der Waals surface area contributed by atoms with E-state index < -0.39 is 0 Å². The summed E-state index contributed by atoms with van der Waals surface area (Å²) in [6, 6.07) is 8.57. The van der Waals surface area contributed by atoms with Gasteiger partial charge in [-0.3, -0.25) is 0 Å². The number of nitrogens with two attached hydrogens (primary N) is 1. The van der Waals surface area contributed by atoms with Crippen molar-refractivity contribution in [2.24, 2.45) is 5.73 Å². The first kappa shape index (κ1) is 11.6. The van der Waals surface area contributed by atoms with Crippen LogP contribution in [0.4, 0.5) is 0 Å². The molecule has 1 aromatic carbocycles. The molecule has 0 amide bonds. The second kappa shape index (κ2) is 4.56. The Bertz CT molecular complexity index is 352. The van der Waals surface area contributed by atoms with E-state index in [9.17, 15) is 0 Å². The van der Waals surface area contributed by atoms with Crippen LogP contribution in [0.1, 0.15) is 43.4 Å². The summed E-state index contributed by atoms with van der Waals surface area (Å²) in [7, 11) is 1.76. The molecule has 1 atom stereocenters. The lowest BCUT2D eigenvalue weighted by Crippen LogP contribution is -2.42. The lowest BCUT2D eigenvalue weighted by Gasteiger charge is -2.43. The molecule has 2 N–H and O–H groups in total. The summed E-state index contributed by atoms with van der Waals surface area (Å²) in [5.74, 6) is 0. The van der Waals surface area contributed by atoms with Gasteiger partial charge in [0, 0.05) is 19.1 Å². The van der Waals surface area contributed by atoms with Gasteiger partial charge in [0.2, 0.25) is 0 Å². The van der Waals surface area contributed by atoms with Gasteiger partial charge >= 0.3 is 0 Å². The fourth-order valence-corrected chi connectivity index (χ4v) is 2.65. The predicted octanol–water partition coefficient (Wildman–Crippen LogP) is 2.77. The van der Waals surface area contributed by atoms with Crippen LogP contribution in [0.2, 0.25) is 0 Å². The largest absolute Gasteiger partial charge is 0.377 e. The van der Waals surface area contributed by atoms with Crippen LogP contribution in [0.3, 0.4) is 0 Å². The lowest BCUT2D eigenvalue weighted by atomic mass is 9.63. The number of benzene rings is 1. The van der Waals surface area contributed by atoms with Crippen molar-refractivity contribution in [3.05, 3.63) is 35.4 Å². The topological polar surface area (TPSA) is 35.2 Å². The van der Waals surface area contributed by atoms with Gasteiger partial charge in [0.25, 0.3) is 0 Å². The molecule has 2 heteroatoms. The minimum absolute atomic E-state index is 0.153. The summed E-state index contributed by atoms with van der Waals surface area (Å²) < 4.78 is 5.44. The number of hydrogen-bond donors (Lipinski definition) is 1. The Labute approximate surface area is 97.8 Å². The minimum Gasteiger partial charge on any atom is -0.377 e. The Kier molecular flexibility index (Phi) is 3.31. The van der Waals surface area contributed by atoms with E-state index in [1.807, 2.05) is 0 Å². The van der Waals surface area contributed by atoms with Gasteiger partial charge in [-0.1, -0.05) is 30.7 Å². The highest BCUT2D eigenvalue weighted by molar-refractivity contribution is 5.38. The fourth-order valence-electron chi connectivity index (χ4n) is 2.65. The molecule has 0 heterocycles. The van der Waals surface area contributed by atoms with Gasteiger partial charge in [-0.2, -0.15) is 0 Å². The molecule has 1 unspecified atom stereocenters. The van der Waals surface area contributed by atoms with Crippen molar-refractivity contribution in [1.29, 1.82) is 0 Å². The maximum absolute atomic E-state index is 5.97. The van der Waals surface area contributed by atoms with Crippen molar-refractivity contribution in [1.82, 2.24) is 0 Å². The number of ether oxygens (including phenoxy) is 1. The Balaban J connectivity index is 2.39. The highest BCUT2D eigenvalue weighted by Crippen LogP contribution is 2.45. The molecule has 88 valence electrons. The maximum Gasteiger partial charge on any atom is 0.0795 e. The molecule has 2 rings (SSSR count). The summed E-state index contributed by atoms with van der Waals surface area (Å²) in [5, 5.41) is 0. The Morgan fingerprint density at radius 2 is 2.06 bits per heavy atom. The van der Waals surface area contributed by atoms with Gasteiger partial charge in [-0.05, 0) is 30.9 Å². The zero-order valence-corrected chi connectivity index (χ0v) is 10.2. The number of methoxy groups -OCH3 is 1. The van der Waals surface area contributed by atoms with Crippen LogP contribution >= 0.6 is 0 Å². The Hall–Kier alpha value is -0.860. The molecule has 2 nitrogen and oxygen atoms in total. The van der Waals surface area contributed by atoms with E-state index >= 15 is 0 Å². The molecule has 0 spiro atoms. The van der Waals surface area contributed by atoms with Gasteiger partial charge in [-0.15, -0.1) is 0 Å². The number of rotatable bonds is 4. The van der Waals surface area contributed by atoms with Crippen LogP contribution in [0, 0.1) is 0 Å². The quantitative estimate of drug-likeness (QED) is 0.845. The van der Waals surface area contributed by atoms with Gasteiger partial charge in [-0.25, -0.2) is 0 Å². The lowest BCUT2D eigenvalue weighted by molar-refractivity contribution is 0.115. The molecular formula is C14H21NO. The summed E-state index contributed by atoms with van der Waals surface area (Å²) >= 11 is 0. The average Bonchev–Trinajstić information content (AvgIpc) is 2.28. The molecule has 1 aliphatic rings. The van der Waals surface area contributed by atoms with Crippen molar-refractivity contribution < 1.29 is 4.74 Å². The fraction of sp³-hybridized carbons (Fsp3) is 0.571. The van der Waals surface area contributed by atoms with E-state index in [0.29, 0.717) is 0 Å². The average molecular weight is 219 g/mol. The zero-order valence-electron chi connectivity index (χ0n) is 10.2. The Morgan fingerprint density at radius 1 is 1.38 bits per heavy atom. The van der Waals surface area contributed by atoms with Crippen LogP contribution < -0.4 is 5.73 Å². The monoisotopic (exact) mass is 219 g/mol. The van der Waals surface area contributed by atoms with Crippen LogP contribution in [0.15, 0.2) is 24.3 Å². The molecule has 0 aromatic heterocycles. The van der Waals surface area contributed by atoms with Crippen molar-refractivity contribution in [3.8, 4) is 0 Å². The highest BCUT2D eigenvalue weighted by Gasteiger charge is 2.39. The van der Waals surface area contributed by atoms with Gasteiger partial charge in [0.15, 0.2) is 0 Å². The molecular weight excluding hydrogens is 198 g/mol. The molecule has 1 fully saturated rings.